The third kappa shape index (κ3) is 3.04. The molecule has 0 unspecified atom stereocenters. The van der Waals surface area contributed by atoms with Gasteiger partial charge in [-0.15, -0.1) is 11.3 Å². The minimum atomic E-state index is 0.666. The number of nitrogens with zero attached hydrogens (tertiary/aromatic N) is 1. The zero-order valence-electron chi connectivity index (χ0n) is 11.8. The number of hydrogen-bond acceptors (Lipinski definition) is 3. The Kier molecular flexibility index (Phi) is 4.36. The molecular weight excluding hydrogens is 264 g/mol. The topological polar surface area (TPSA) is 38.9 Å². The van der Waals surface area contributed by atoms with E-state index in [4.69, 9.17) is 10.7 Å². The normalized spacial score (nSPS) is 17.6. The fraction of sp³-hybridized carbons (Fsp3) is 0.471. The Labute approximate surface area is 125 Å². The van der Waals surface area contributed by atoms with Crippen molar-refractivity contribution in [2.75, 3.05) is 5.73 Å². The zero-order valence-corrected chi connectivity index (χ0v) is 12.7. The van der Waals surface area contributed by atoms with Crippen molar-refractivity contribution in [3.05, 3.63) is 34.7 Å². The molecule has 2 N–H and O–H groups in total. The van der Waals surface area contributed by atoms with Gasteiger partial charge in [0.25, 0.3) is 0 Å². The molecule has 1 aromatic heterocycles. The number of anilines is 1. The standard InChI is InChI=1S/C17H22N2S/c18-15-11-7-6-10-14(15)16-12-20-17(19-16)13-8-4-2-1-3-5-9-13/h6-7,10-13H,1-5,8-9,18H2. The lowest BCUT2D eigenvalue weighted by Gasteiger charge is -2.17. The summed E-state index contributed by atoms with van der Waals surface area (Å²) < 4.78 is 0. The van der Waals surface area contributed by atoms with Gasteiger partial charge in [-0.2, -0.15) is 0 Å². The van der Waals surface area contributed by atoms with E-state index >= 15 is 0 Å². The number of thiazole rings is 1. The van der Waals surface area contributed by atoms with Gasteiger partial charge in [-0.3, -0.25) is 0 Å². The van der Waals surface area contributed by atoms with Gasteiger partial charge in [0.15, 0.2) is 0 Å². The summed E-state index contributed by atoms with van der Waals surface area (Å²) in [6, 6.07) is 8.01. The Morgan fingerprint density at radius 1 is 1.00 bits per heavy atom. The first-order chi connectivity index (χ1) is 9.84. The third-order valence-electron chi connectivity index (χ3n) is 4.21. The van der Waals surface area contributed by atoms with E-state index < -0.39 is 0 Å². The van der Waals surface area contributed by atoms with Crippen LogP contribution in [0.15, 0.2) is 29.6 Å². The van der Waals surface area contributed by atoms with Gasteiger partial charge >= 0.3 is 0 Å². The van der Waals surface area contributed by atoms with E-state index in [1.807, 2.05) is 29.5 Å². The van der Waals surface area contributed by atoms with Gasteiger partial charge in [0.2, 0.25) is 0 Å². The van der Waals surface area contributed by atoms with Crippen molar-refractivity contribution in [2.24, 2.45) is 0 Å². The highest BCUT2D eigenvalue weighted by Gasteiger charge is 2.17. The fourth-order valence-corrected chi connectivity index (χ4v) is 4.02. The molecule has 0 spiro atoms. The highest BCUT2D eigenvalue weighted by molar-refractivity contribution is 7.10. The maximum absolute atomic E-state index is 6.05. The Bertz CT molecular complexity index is 554. The summed E-state index contributed by atoms with van der Waals surface area (Å²) in [6.45, 7) is 0. The Hall–Kier alpha value is -1.35. The van der Waals surface area contributed by atoms with E-state index in [1.54, 1.807) is 0 Å². The van der Waals surface area contributed by atoms with Crippen LogP contribution in [0.2, 0.25) is 0 Å². The molecule has 2 nitrogen and oxygen atoms in total. The summed E-state index contributed by atoms with van der Waals surface area (Å²) in [5, 5.41) is 3.48. The summed E-state index contributed by atoms with van der Waals surface area (Å²) in [7, 11) is 0. The first kappa shape index (κ1) is 13.6. The van der Waals surface area contributed by atoms with Gasteiger partial charge in [-0.1, -0.05) is 50.3 Å². The maximum atomic E-state index is 6.05. The molecule has 1 saturated carbocycles. The van der Waals surface area contributed by atoms with Crippen LogP contribution in [0.4, 0.5) is 5.69 Å². The highest BCUT2D eigenvalue weighted by Crippen LogP contribution is 2.35. The van der Waals surface area contributed by atoms with E-state index in [9.17, 15) is 0 Å². The predicted molar refractivity (Wildman–Crippen MR) is 87.0 cm³/mol. The molecule has 0 bridgehead atoms. The van der Waals surface area contributed by atoms with Crippen LogP contribution in [0.5, 0.6) is 0 Å². The van der Waals surface area contributed by atoms with Crippen LogP contribution in [0, 0.1) is 0 Å². The monoisotopic (exact) mass is 286 g/mol. The molecule has 3 heteroatoms. The number of benzene rings is 1. The molecule has 0 radical (unpaired) electrons. The Morgan fingerprint density at radius 2 is 1.70 bits per heavy atom. The second-order valence-corrected chi connectivity index (χ2v) is 6.59. The van der Waals surface area contributed by atoms with E-state index in [-0.39, 0.29) is 0 Å². The molecule has 0 saturated heterocycles. The first-order valence-electron chi connectivity index (χ1n) is 7.65. The van der Waals surface area contributed by atoms with Crippen LogP contribution in [-0.2, 0) is 0 Å². The Balaban J connectivity index is 1.80. The molecule has 1 aliphatic carbocycles. The molecule has 2 aromatic rings. The van der Waals surface area contributed by atoms with Gasteiger partial charge in [0.05, 0.1) is 10.7 Å². The molecule has 1 heterocycles. The lowest BCUT2D eigenvalue weighted by Crippen LogP contribution is -2.02. The maximum Gasteiger partial charge on any atom is 0.0963 e. The number of para-hydroxylation sites is 1. The number of nitrogen functional groups attached to an aromatic ring is 1. The molecule has 1 fully saturated rings. The molecule has 106 valence electrons. The molecule has 3 rings (SSSR count). The van der Waals surface area contributed by atoms with Crippen LogP contribution in [0.3, 0.4) is 0 Å². The van der Waals surface area contributed by atoms with E-state index in [1.165, 1.54) is 50.0 Å². The minimum Gasteiger partial charge on any atom is -0.398 e. The molecule has 0 atom stereocenters. The lowest BCUT2D eigenvalue weighted by molar-refractivity contribution is 0.454. The molecule has 0 amide bonds. The quantitative estimate of drug-likeness (QED) is 0.769. The third-order valence-corrected chi connectivity index (χ3v) is 5.22. The second-order valence-electron chi connectivity index (χ2n) is 5.70. The van der Waals surface area contributed by atoms with Crippen molar-refractivity contribution in [1.29, 1.82) is 0 Å². The summed E-state index contributed by atoms with van der Waals surface area (Å²) in [6.07, 6.45) is 9.51. The van der Waals surface area contributed by atoms with Crippen molar-refractivity contribution >= 4 is 17.0 Å². The molecule has 1 aliphatic rings. The Morgan fingerprint density at radius 3 is 2.45 bits per heavy atom. The number of hydrogen-bond donors (Lipinski definition) is 1. The van der Waals surface area contributed by atoms with Crippen molar-refractivity contribution in [3.63, 3.8) is 0 Å². The van der Waals surface area contributed by atoms with E-state index in [2.05, 4.69) is 11.4 Å². The van der Waals surface area contributed by atoms with Gasteiger partial charge in [0.1, 0.15) is 0 Å². The largest absolute Gasteiger partial charge is 0.398 e. The van der Waals surface area contributed by atoms with Gasteiger partial charge in [-0.25, -0.2) is 4.98 Å². The van der Waals surface area contributed by atoms with E-state index in [0.717, 1.165) is 16.9 Å². The van der Waals surface area contributed by atoms with Gasteiger partial charge in [0, 0.05) is 22.5 Å². The SMILES string of the molecule is Nc1ccccc1-c1csc(C2CCCCCCC2)n1. The zero-order chi connectivity index (χ0) is 13.8. The average Bonchev–Trinajstić information content (AvgIpc) is 2.88. The smallest absolute Gasteiger partial charge is 0.0963 e. The van der Waals surface area contributed by atoms with Crippen LogP contribution in [0.25, 0.3) is 11.3 Å². The minimum absolute atomic E-state index is 0.666. The van der Waals surface area contributed by atoms with Crippen LogP contribution in [-0.4, -0.2) is 4.98 Å². The van der Waals surface area contributed by atoms with Gasteiger partial charge in [-0.05, 0) is 18.9 Å². The number of nitrogens with two attached hydrogens (primary N) is 1. The summed E-state index contributed by atoms with van der Waals surface area (Å²) >= 11 is 1.81. The van der Waals surface area contributed by atoms with Crippen LogP contribution >= 0.6 is 11.3 Å². The predicted octanol–water partition coefficient (Wildman–Crippen LogP) is 5.22. The molecule has 20 heavy (non-hydrogen) atoms. The van der Waals surface area contributed by atoms with Crippen molar-refractivity contribution in [2.45, 2.75) is 50.9 Å². The summed E-state index contributed by atoms with van der Waals surface area (Å²) in [5.74, 6) is 0.666. The summed E-state index contributed by atoms with van der Waals surface area (Å²) in [5.41, 5.74) is 8.99. The van der Waals surface area contributed by atoms with Crippen molar-refractivity contribution in [1.82, 2.24) is 4.98 Å². The molecule has 0 aliphatic heterocycles. The summed E-state index contributed by atoms with van der Waals surface area (Å²) in [4.78, 5) is 4.88. The number of rotatable bonds is 2. The molecule has 1 aromatic carbocycles. The lowest BCUT2D eigenvalue weighted by atomic mass is 9.92. The van der Waals surface area contributed by atoms with Crippen LogP contribution in [0.1, 0.15) is 55.9 Å². The average molecular weight is 286 g/mol. The first-order valence-corrected chi connectivity index (χ1v) is 8.53. The van der Waals surface area contributed by atoms with E-state index in [0.29, 0.717) is 5.92 Å². The van der Waals surface area contributed by atoms with Crippen molar-refractivity contribution < 1.29 is 0 Å². The molecular formula is C17H22N2S. The van der Waals surface area contributed by atoms with Gasteiger partial charge < -0.3 is 5.73 Å². The number of aromatic nitrogens is 1. The van der Waals surface area contributed by atoms with Crippen LogP contribution < -0.4 is 5.73 Å². The highest BCUT2D eigenvalue weighted by atomic mass is 32.1. The van der Waals surface area contributed by atoms with Crippen molar-refractivity contribution in [3.8, 4) is 11.3 Å². The fourth-order valence-electron chi connectivity index (χ4n) is 3.03. The second kappa shape index (κ2) is 6.40.